The highest BCUT2D eigenvalue weighted by Crippen LogP contribution is 2.26. The molecule has 0 unspecified atom stereocenters. The van der Waals surface area contributed by atoms with Gasteiger partial charge < -0.3 is 15.1 Å². The summed E-state index contributed by atoms with van der Waals surface area (Å²) in [7, 11) is 3.92. The summed E-state index contributed by atoms with van der Waals surface area (Å²) in [5.41, 5.74) is 2.39. The van der Waals surface area contributed by atoms with E-state index in [2.05, 4.69) is 5.32 Å². The van der Waals surface area contributed by atoms with Crippen LogP contribution in [0.2, 0.25) is 5.02 Å². The lowest BCUT2D eigenvalue weighted by Crippen LogP contribution is -2.34. The summed E-state index contributed by atoms with van der Waals surface area (Å²) in [5, 5.41) is 3.67. The first-order chi connectivity index (χ1) is 13.0. The standard InChI is InChI=1S/C21H24ClN3O2/c1-24(2)19(17-6-3-4-7-18(17)22)14-23-21(27)15-9-11-16(12-10-15)25-13-5-8-20(25)26/h3-4,6-7,9-12,19H,5,8,13-14H2,1-2H3,(H,23,27)/t19-/m0/s1. The normalized spacial score (nSPS) is 15.3. The van der Waals surface area contributed by atoms with Crippen LogP contribution < -0.4 is 10.2 Å². The number of carbonyl (C=O) groups excluding carboxylic acids is 2. The average molecular weight is 386 g/mol. The van der Waals surface area contributed by atoms with Gasteiger partial charge in [0.05, 0.1) is 6.04 Å². The van der Waals surface area contributed by atoms with Gasteiger partial charge in [0.2, 0.25) is 5.91 Å². The molecule has 1 saturated heterocycles. The minimum atomic E-state index is -0.145. The Hall–Kier alpha value is -2.37. The molecule has 2 aromatic rings. The maximum Gasteiger partial charge on any atom is 0.251 e. The van der Waals surface area contributed by atoms with Gasteiger partial charge >= 0.3 is 0 Å². The first kappa shape index (κ1) is 19.4. The zero-order chi connectivity index (χ0) is 19.4. The fraction of sp³-hybridized carbons (Fsp3) is 0.333. The summed E-state index contributed by atoms with van der Waals surface area (Å²) >= 11 is 6.32. The third kappa shape index (κ3) is 4.49. The van der Waals surface area contributed by atoms with Crippen molar-refractivity contribution in [2.45, 2.75) is 18.9 Å². The van der Waals surface area contributed by atoms with Crippen LogP contribution in [0, 0.1) is 0 Å². The van der Waals surface area contributed by atoms with Crippen molar-refractivity contribution < 1.29 is 9.59 Å². The summed E-state index contributed by atoms with van der Waals surface area (Å²) in [6, 6.07) is 14.8. The average Bonchev–Trinajstić information content (AvgIpc) is 3.09. The Bertz CT molecular complexity index is 820. The zero-order valence-corrected chi connectivity index (χ0v) is 16.4. The third-order valence-corrected chi connectivity index (χ3v) is 5.20. The van der Waals surface area contributed by atoms with Crippen LogP contribution in [0.15, 0.2) is 48.5 Å². The lowest BCUT2D eigenvalue weighted by atomic mass is 10.1. The van der Waals surface area contributed by atoms with Gasteiger partial charge in [-0.25, -0.2) is 0 Å². The number of carbonyl (C=O) groups is 2. The van der Waals surface area contributed by atoms with Crippen LogP contribution in [0.4, 0.5) is 5.69 Å². The van der Waals surface area contributed by atoms with Gasteiger partial charge in [0, 0.05) is 35.8 Å². The molecule has 1 atom stereocenters. The summed E-state index contributed by atoms with van der Waals surface area (Å²) in [4.78, 5) is 28.2. The lowest BCUT2D eigenvalue weighted by molar-refractivity contribution is -0.117. The predicted molar refractivity (Wildman–Crippen MR) is 108 cm³/mol. The molecule has 1 fully saturated rings. The van der Waals surface area contributed by atoms with Crippen LogP contribution in [0.1, 0.15) is 34.8 Å². The summed E-state index contributed by atoms with van der Waals surface area (Å²) in [5.74, 6) is -0.00559. The number of amides is 2. The molecule has 1 aliphatic heterocycles. The molecule has 0 spiro atoms. The van der Waals surface area contributed by atoms with Crippen LogP contribution in [-0.4, -0.2) is 43.9 Å². The van der Waals surface area contributed by atoms with Gasteiger partial charge in [-0.15, -0.1) is 0 Å². The molecule has 0 aromatic heterocycles. The number of likely N-dealkylation sites (N-methyl/N-ethyl adjacent to an activating group) is 1. The molecule has 0 saturated carbocycles. The highest BCUT2D eigenvalue weighted by Gasteiger charge is 2.22. The van der Waals surface area contributed by atoms with Crippen molar-refractivity contribution in [3.8, 4) is 0 Å². The van der Waals surface area contributed by atoms with Crippen LogP contribution in [0.5, 0.6) is 0 Å². The molecule has 6 heteroatoms. The minimum absolute atomic E-state index is 0.0239. The molecule has 27 heavy (non-hydrogen) atoms. The predicted octanol–water partition coefficient (Wildman–Crippen LogP) is 3.50. The van der Waals surface area contributed by atoms with E-state index < -0.39 is 0 Å². The molecule has 1 heterocycles. The quantitative estimate of drug-likeness (QED) is 0.828. The van der Waals surface area contributed by atoms with E-state index >= 15 is 0 Å². The molecule has 0 bridgehead atoms. The molecule has 0 aliphatic carbocycles. The Balaban J connectivity index is 1.66. The van der Waals surface area contributed by atoms with Crippen molar-refractivity contribution in [2.24, 2.45) is 0 Å². The molecule has 2 amide bonds. The number of nitrogens with zero attached hydrogens (tertiary/aromatic N) is 2. The molecular formula is C21H24ClN3O2. The van der Waals surface area contributed by atoms with E-state index in [0.29, 0.717) is 23.6 Å². The first-order valence-electron chi connectivity index (χ1n) is 9.07. The Kier molecular flexibility index (Phi) is 6.14. The van der Waals surface area contributed by atoms with Gasteiger partial charge in [0.25, 0.3) is 5.91 Å². The molecule has 1 aliphatic rings. The summed E-state index contributed by atoms with van der Waals surface area (Å²) in [6.07, 6.45) is 1.48. The second kappa shape index (κ2) is 8.55. The van der Waals surface area contributed by atoms with Crippen molar-refractivity contribution in [3.63, 3.8) is 0 Å². The zero-order valence-electron chi connectivity index (χ0n) is 15.6. The monoisotopic (exact) mass is 385 g/mol. The van der Waals surface area contributed by atoms with E-state index in [1.165, 1.54) is 0 Å². The number of nitrogens with one attached hydrogen (secondary N) is 1. The van der Waals surface area contributed by atoms with Gasteiger partial charge in [-0.3, -0.25) is 9.59 Å². The first-order valence-corrected chi connectivity index (χ1v) is 9.44. The van der Waals surface area contributed by atoms with Crippen LogP contribution in [0.25, 0.3) is 0 Å². The Morgan fingerprint density at radius 2 is 1.89 bits per heavy atom. The van der Waals surface area contributed by atoms with Gasteiger partial charge in [0.15, 0.2) is 0 Å². The number of benzene rings is 2. The summed E-state index contributed by atoms with van der Waals surface area (Å²) in [6.45, 7) is 1.19. The van der Waals surface area contributed by atoms with Crippen LogP contribution in [0.3, 0.4) is 0 Å². The largest absolute Gasteiger partial charge is 0.350 e. The number of rotatable bonds is 6. The topological polar surface area (TPSA) is 52.7 Å². The van der Waals surface area contributed by atoms with Gasteiger partial charge in [-0.05, 0) is 56.4 Å². The Morgan fingerprint density at radius 3 is 2.48 bits per heavy atom. The van der Waals surface area contributed by atoms with Gasteiger partial charge in [-0.1, -0.05) is 29.8 Å². The SMILES string of the molecule is CN(C)[C@@H](CNC(=O)c1ccc(N2CCCC2=O)cc1)c1ccccc1Cl. The maximum atomic E-state index is 12.5. The Labute approximate surface area is 164 Å². The van der Waals surface area contributed by atoms with Gasteiger partial charge in [-0.2, -0.15) is 0 Å². The second-order valence-electron chi connectivity index (χ2n) is 6.91. The van der Waals surface area contributed by atoms with Crippen molar-refractivity contribution >= 4 is 29.1 Å². The number of hydrogen-bond donors (Lipinski definition) is 1. The smallest absolute Gasteiger partial charge is 0.251 e. The number of halogens is 1. The third-order valence-electron chi connectivity index (χ3n) is 4.86. The highest BCUT2D eigenvalue weighted by atomic mass is 35.5. The lowest BCUT2D eigenvalue weighted by Gasteiger charge is -2.26. The Morgan fingerprint density at radius 1 is 1.19 bits per heavy atom. The molecular weight excluding hydrogens is 362 g/mol. The molecule has 3 rings (SSSR count). The van der Waals surface area contributed by atoms with E-state index in [9.17, 15) is 9.59 Å². The maximum absolute atomic E-state index is 12.5. The fourth-order valence-electron chi connectivity index (χ4n) is 3.32. The fourth-order valence-corrected chi connectivity index (χ4v) is 3.58. The molecule has 0 radical (unpaired) electrons. The van der Waals surface area contributed by atoms with E-state index in [0.717, 1.165) is 24.2 Å². The molecule has 2 aromatic carbocycles. The van der Waals surface area contributed by atoms with Crippen LogP contribution in [-0.2, 0) is 4.79 Å². The van der Waals surface area contributed by atoms with Crippen molar-refractivity contribution in [1.82, 2.24) is 10.2 Å². The van der Waals surface area contributed by atoms with Crippen LogP contribution >= 0.6 is 11.6 Å². The number of hydrogen-bond acceptors (Lipinski definition) is 3. The van der Waals surface area contributed by atoms with E-state index in [4.69, 9.17) is 11.6 Å². The van der Waals surface area contributed by atoms with Crippen molar-refractivity contribution in [3.05, 3.63) is 64.7 Å². The second-order valence-corrected chi connectivity index (χ2v) is 7.31. The van der Waals surface area contributed by atoms with Gasteiger partial charge in [0.1, 0.15) is 0 Å². The van der Waals surface area contributed by atoms with E-state index in [1.54, 1.807) is 17.0 Å². The van der Waals surface area contributed by atoms with Crippen molar-refractivity contribution in [1.29, 1.82) is 0 Å². The van der Waals surface area contributed by atoms with E-state index in [-0.39, 0.29) is 17.9 Å². The van der Waals surface area contributed by atoms with E-state index in [1.807, 2.05) is 55.4 Å². The minimum Gasteiger partial charge on any atom is -0.350 e. The highest BCUT2D eigenvalue weighted by molar-refractivity contribution is 6.31. The molecule has 1 N–H and O–H groups in total. The summed E-state index contributed by atoms with van der Waals surface area (Å²) < 4.78 is 0. The molecule has 142 valence electrons. The van der Waals surface area contributed by atoms with Crippen molar-refractivity contribution in [2.75, 3.05) is 32.1 Å². The number of anilines is 1. The molecule has 5 nitrogen and oxygen atoms in total.